The van der Waals surface area contributed by atoms with E-state index < -0.39 is 8.32 Å². The van der Waals surface area contributed by atoms with E-state index >= 15 is 0 Å². The molecule has 0 bridgehead atoms. The quantitative estimate of drug-likeness (QED) is 0.353. The number of hydrogen-bond donors (Lipinski definition) is 1. The lowest BCUT2D eigenvalue weighted by Gasteiger charge is -2.43. The average Bonchev–Trinajstić information content (AvgIpc) is 3.14. The van der Waals surface area contributed by atoms with Crippen LogP contribution in [-0.4, -0.2) is 19.9 Å². The summed E-state index contributed by atoms with van der Waals surface area (Å²) in [5.74, 6) is 0.128. The summed E-state index contributed by atoms with van der Waals surface area (Å²) in [5.41, 5.74) is 7.96. The summed E-state index contributed by atoms with van der Waals surface area (Å²) in [4.78, 5) is 4.25. The minimum Gasteiger partial charge on any atom is -0.407 e. The van der Waals surface area contributed by atoms with E-state index in [0.717, 1.165) is 17.5 Å². The van der Waals surface area contributed by atoms with E-state index in [4.69, 9.17) is 21.6 Å². The van der Waals surface area contributed by atoms with Gasteiger partial charge in [0.1, 0.15) is 11.2 Å². The highest BCUT2D eigenvalue weighted by molar-refractivity contribution is 6.99. The molecule has 2 aromatic carbocycles. The van der Waals surface area contributed by atoms with Gasteiger partial charge in [-0.15, -0.1) is 0 Å². The zero-order chi connectivity index (χ0) is 22.1. The van der Waals surface area contributed by atoms with E-state index in [2.05, 4.69) is 91.5 Å². The lowest BCUT2D eigenvalue weighted by molar-refractivity contribution is -0.232. The van der Waals surface area contributed by atoms with Crippen molar-refractivity contribution in [2.24, 2.45) is 11.0 Å². The third-order valence-electron chi connectivity index (χ3n) is 6.36. The van der Waals surface area contributed by atoms with Crippen LogP contribution in [-0.2, 0) is 10.8 Å². The van der Waals surface area contributed by atoms with Crippen molar-refractivity contribution >= 4 is 30.3 Å². The molecule has 0 saturated carbocycles. The third-order valence-corrected chi connectivity index (χ3v) is 11.7. The Morgan fingerprint density at radius 1 is 1.03 bits per heavy atom. The molecule has 4 rings (SSSR count). The van der Waals surface area contributed by atoms with Crippen LogP contribution in [0.5, 0.6) is 0 Å². The van der Waals surface area contributed by atoms with Gasteiger partial charge in [0.15, 0.2) is 0 Å². The average molecular weight is 451 g/mol. The Labute approximate surface area is 190 Å². The first kappa shape index (κ1) is 21.9. The zero-order valence-electron chi connectivity index (χ0n) is 18.3. The maximum absolute atomic E-state index is 7.11. The normalized spacial score (nSPS) is 18.6. The van der Waals surface area contributed by atoms with Crippen molar-refractivity contribution in [2.75, 3.05) is 6.61 Å². The van der Waals surface area contributed by atoms with E-state index in [-0.39, 0.29) is 17.0 Å². The molecule has 1 aromatic heterocycles. The molecule has 0 spiro atoms. The van der Waals surface area contributed by atoms with E-state index in [1.54, 1.807) is 6.20 Å². The van der Waals surface area contributed by atoms with Crippen molar-refractivity contribution in [1.29, 1.82) is 0 Å². The van der Waals surface area contributed by atoms with Crippen LogP contribution in [0, 0.1) is 5.92 Å². The number of halogens is 1. The summed E-state index contributed by atoms with van der Waals surface area (Å²) in [6.45, 7) is 7.42. The second kappa shape index (κ2) is 8.65. The molecule has 2 N–H and O–H groups in total. The van der Waals surface area contributed by atoms with Gasteiger partial charge in [-0.05, 0) is 44.1 Å². The highest BCUT2D eigenvalue weighted by Crippen LogP contribution is 2.43. The molecule has 1 heterocycles. The number of fused-ring (bicyclic) bond motifs is 1. The van der Waals surface area contributed by atoms with Crippen LogP contribution in [0.1, 0.15) is 37.9 Å². The number of aromatic nitrogens is 1. The highest BCUT2D eigenvalue weighted by Gasteiger charge is 2.51. The summed E-state index contributed by atoms with van der Waals surface area (Å²) in [7, 11) is -2.61. The van der Waals surface area contributed by atoms with Crippen LogP contribution < -0.4 is 15.9 Å². The van der Waals surface area contributed by atoms with E-state index in [9.17, 15) is 0 Å². The number of benzene rings is 2. The smallest absolute Gasteiger partial charge is 0.261 e. The van der Waals surface area contributed by atoms with Crippen LogP contribution >= 0.6 is 11.6 Å². The minimum atomic E-state index is -2.61. The van der Waals surface area contributed by atoms with Crippen molar-refractivity contribution in [3.05, 3.63) is 89.2 Å². The SMILES string of the molecule is CC(C)(C)[Si](OC[C@@H]1Cc2c(ccnc2Cl)[C@H]1N=[NH2+])(c1ccccc1)c1ccccc1. The van der Waals surface area contributed by atoms with Crippen molar-refractivity contribution in [2.45, 2.75) is 38.3 Å². The first-order chi connectivity index (χ1) is 14.9. The minimum absolute atomic E-state index is 0.0737. The zero-order valence-corrected chi connectivity index (χ0v) is 20.0. The van der Waals surface area contributed by atoms with E-state index in [0.29, 0.717) is 11.8 Å². The van der Waals surface area contributed by atoms with Crippen molar-refractivity contribution in [3.8, 4) is 0 Å². The molecular weight excluding hydrogens is 422 g/mol. The highest BCUT2D eigenvalue weighted by atomic mass is 35.5. The fraction of sp³-hybridized carbons (Fsp3) is 0.320. The number of pyridine rings is 1. The van der Waals surface area contributed by atoms with Gasteiger partial charge in [-0.1, -0.05) is 93.0 Å². The van der Waals surface area contributed by atoms with Crippen LogP contribution in [0.4, 0.5) is 0 Å². The van der Waals surface area contributed by atoms with Gasteiger partial charge >= 0.3 is 0 Å². The predicted octanol–water partition coefficient (Wildman–Crippen LogP) is 3.74. The van der Waals surface area contributed by atoms with Crippen molar-refractivity contribution in [1.82, 2.24) is 4.98 Å². The molecule has 0 amide bonds. The number of rotatable bonds is 6. The summed E-state index contributed by atoms with van der Waals surface area (Å²) in [5, 5.41) is 7.21. The predicted molar refractivity (Wildman–Crippen MR) is 127 cm³/mol. The molecule has 160 valence electrons. The summed E-state index contributed by atoms with van der Waals surface area (Å²) in [6.07, 6.45) is 2.50. The molecule has 0 aliphatic heterocycles. The Kier molecular flexibility index (Phi) is 6.11. The summed E-state index contributed by atoms with van der Waals surface area (Å²) in [6, 6.07) is 23.2. The van der Waals surface area contributed by atoms with Gasteiger partial charge in [-0.3, -0.25) is 0 Å². The van der Waals surface area contributed by atoms with Gasteiger partial charge in [0.05, 0.1) is 0 Å². The summed E-state index contributed by atoms with van der Waals surface area (Å²) < 4.78 is 7.11. The second-order valence-corrected chi connectivity index (χ2v) is 13.9. The largest absolute Gasteiger partial charge is 0.407 e. The van der Waals surface area contributed by atoms with Gasteiger partial charge < -0.3 is 4.43 Å². The number of nitrogens with two attached hydrogens (primary N) is 1. The molecule has 31 heavy (non-hydrogen) atoms. The Balaban J connectivity index is 1.75. The van der Waals surface area contributed by atoms with E-state index in [1.807, 2.05) is 6.07 Å². The van der Waals surface area contributed by atoms with Gasteiger partial charge in [0.2, 0.25) is 0 Å². The molecule has 0 fully saturated rings. The van der Waals surface area contributed by atoms with Crippen LogP contribution in [0.25, 0.3) is 0 Å². The van der Waals surface area contributed by atoms with Crippen molar-refractivity contribution in [3.63, 3.8) is 0 Å². The molecule has 4 nitrogen and oxygen atoms in total. The monoisotopic (exact) mass is 450 g/mol. The second-order valence-electron chi connectivity index (χ2n) is 9.20. The Hall–Kier alpha value is -2.34. The molecule has 3 aromatic rings. The Bertz CT molecular complexity index is 1010. The first-order valence-corrected chi connectivity index (χ1v) is 13.0. The molecule has 1 aliphatic rings. The maximum atomic E-state index is 7.11. The van der Waals surface area contributed by atoms with E-state index in [1.165, 1.54) is 10.4 Å². The third kappa shape index (κ3) is 3.86. The topological polar surface area (TPSA) is 60.1 Å². The molecule has 2 atom stereocenters. The first-order valence-electron chi connectivity index (χ1n) is 10.7. The van der Waals surface area contributed by atoms with Crippen LogP contribution in [0.3, 0.4) is 0 Å². The van der Waals surface area contributed by atoms with Crippen LogP contribution in [0.2, 0.25) is 10.2 Å². The van der Waals surface area contributed by atoms with Crippen LogP contribution in [0.15, 0.2) is 78.0 Å². The fourth-order valence-corrected chi connectivity index (χ4v) is 9.80. The Morgan fingerprint density at radius 2 is 1.61 bits per heavy atom. The van der Waals surface area contributed by atoms with Crippen molar-refractivity contribution < 1.29 is 9.96 Å². The summed E-state index contributed by atoms with van der Waals surface area (Å²) >= 11 is 6.39. The molecule has 0 saturated heterocycles. The lowest BCUT2D eigenvalue weighted by atomic mass is 10.0. The molecule has 0 unspecified atom stereocenters. The van der Waals surface area contributed by atoms with Gasteiger partial charge in [0, 0.05) is 18.7 Å². The molecule has 0 radical (unpaired) electrons. The maximum Gasteiger partial charge on any atom is 0.261 e. The number of nitrogens with zero attached hydrogens (tertiary/aromatic N) is 2. The lowest BCUT2D eigenvalue weighted by Crippen LogP contribution is -2.67. The molecule has 6 heteroatoms. The standard InChI is InChI=1S/C25H28ClN3OSi/c1-25(2,3)31(19-10-6-4-7-11-19,20-12-8-5-9-13-20)30-17-18-16-22-21(23(18)29-27)14-15-28-24(22)26/h4-15,18,23,27H,16-17H2,1-3H3/p+1/t18-,23-/m0/s1. The fourth-order valence-electron chi connectivity index (χ4n) is 4.93. The van der Waals surface area contributed by atoms with Gasteiger partial charge in [0.25, 0.3) is 8.32 Å². The Morgan fingerprint density at radius 3 is 2.13 bits per heavy atom. The molecular formula is C25H29ClN3OSi+. The number of hydrogen-bond acceptors (Lipinski definition) is 3. The van der Waals surface area contributed by atoms with Gasteiger partial charge in [-0.25, -0.2) is 4.98 Å². The molecule has 1 aliphatic carbocycles. The van der Waals surface area contributed by atoms with Gasteiger partial charge in [-0.2, -0.15) is 5.53 Å².